The molecular weight excluding hydrogens is 1680 g/mol. The van der Waals surface area contributed by atoms with Crippen LogP contribution < -0.4 is 0 Å². The van der Waals surface area contributed by atoms with E-state index in [1.54, 1.807) is 0 Å². The lowest BCUT2D eigenvalue weighted by Gasteiger charge is -2.16. The van der Waals surface area contributed by atoms with Crippen LogP contribution in [0, 0.1) is 0 Å². The third-order valence-electron chi connectivity index (χ3n) is 26.0. The molecule has 19 aromatic carbocycles. The number of hydrogen-bond donors (Lipinski definition) is 0. The van der Waals surface area contributed by atoms with Gasteiger partial charge >= 0.3 is 0 Å². The lowest BCUT2D eigenvalue weighted by molar-refractivity contribution is 1.18. The number of benzene rings is 19. The molecule has 0 aliphatic carbocycles. The molecule has 612 valence electrons. The molecule has 0 spiro atoms. The topological polar surface area (TPSA) is 116 Å². The first-order valence-corrected chi connectivity index (χ1v) is 47.4. The van der Waals surface area contributed by atoms with Crippen molar-refractivity contribution >= 4 is 245 Å². The maximum atomic E-state index is 5.55. The largest absolute Gasteiger partial charge is 0.246 e. The van der Waals surface area contributed by atoms with Gasteiger partial charge < -0.3 is 0 Å². The van der Waals surface area contributed by atoms with Crippen molar-refractivity contribution in [2.45, 2.75) is 0 Å². The molecule has 0 unspecified atom stereocenters. The summed E-state index contributed by atoms with van der Waals surface area (Å²) in [5, 5.41) is 29.7. The Morgan fingerprint density at radius 1 is 0.159 bits per heavy atom. The van der Waals surface area contributed by atoms with E-state index in [0.717, 1.165) is 133 Å². The van der Waals surface area contributed by atoms with Gasteiger partial charge in [0.1, 0.15) is 11.4 Å². The zero-order chi connectivity index (χ0) is 86.6. The molecule has 0 atom stereocenters. The van der Waals surface area contributed by atoms with Crippen LogP contribution in [0.25, 0.3) is 279 Å². The highest BCUT2D eigenvalue weighted by atomic mass is 32.1. The van der Waals surface area contributed by atoms with Gasteiger partial charge in [-0.05, 0) is 64.7 Å². The monoisotopic (exact) mass is 1750 g/mol. The summed E-state index contributed by atoms with van der Waals surface area (Å²) in [6.07, 6.45) is 1.96. The van der Waals surface area contributed by atoms with Crippen LogP contribution in [0.1, 0.15) is 0 Å². The number of thiophene rings is 4. The molecule has 10 aromatic heterocycles. The van der Waals surface area contributed by atoms with Crippen molar-refractivity contribution in [3.63, 3.8) is 0 Å². The number of hydrogen-bond acceptors (Lipinski definition) is 13. The summed E-state index contributed by atoms with van der Waals surface area (Å²) in [6, 6.07) is 141. The molecule has 9 nitrogen and oxygen atoms in total. The van der Waals surface area contributed by atoms with E-state index in [2.05, 4.69) is 358 Å². The molecule has 0 saturated heterocycles. The quantitative estimate of drug-likeness (QED) is 0.144. The second-order valence-electron chi connectivity index (χ2n) is 33.4. The highest BCUT2D eigenvalue weighted by Crippen LogP contribution is 2.53. The fourth-order valence-electron chi connectivity index (χ4n) is 20.2. The van der Waals surface area contributed by atoms with Crippen molar-refractivity contribution in [2.24, 2.45) is 0 Å². The van der Waals surface area contributed by atoms with Gasteiger partial charge in [0.05, 0.1) is 50.4 Å². The molecule has 132 heavy (non-hydrogen) atoms. The minimum Gasteiger partial charge on any atom is -0.246 e. The first-order valence-electron chi connectivity index (χ1n) is 44.1. The highest BCUT2D eigenvalue weighted by Gasteiger charge is 2.28. The minimum absolute atomic E-state index is 0.636. The average molecular weight is 1750 g/mol. The second kappa shape index (κ2) is 30.7. The van der Waals surface area contributed by atoms with Crippen molar-refractivity contribution in [1.82, 2.24) is 44.9 Å². The Labute approximate surface area is 769 Å². The van der Waals surface area contributed by atoms with E-state index in [1.165, 1.54) is 129 Å². The molecule has 0 amide bonds. The number of para-hydroxylation sites is 2. The van der Waals surface area contributed by atoms with E-state index >= 15 is 0 Å². The van der Waals surface area contributed by atoms with E-state index in [-0.39, 0.29) is 0 Å². The summed E-state index contributed by atoms with van der Waals surface area (Å²) in [4.78, 5) is 47.5. The van der Waals surface area contributed by atoms with Crippen molar-refractivity contribution in [2.75, 3.05) is 0 Å². The average Bonchev–Trinajstić information content (AvgIpc) is 1.45. The molecule has 0 N–H and O–H groups in total. The Kier molecular flexibility index (Phi) is 17.6. The lowest BCUT2D eigenvalue weighted by Crippen LogP contribution is -1.99. The van der Waals surface area contributed by atoms with Crippen molar-refractivity contribution in [3.05, 3.63) is 407 Å². The van der Waals surface area contributed by atoms with Gasteiger partial charge in [-0.25, -0.2) is 44.9 Å². The van der Waals surface area contributed by atoms with Gasteiger partial charge in [-0.2, -0.15) is 0 Å². The van der Waals surface area contributed by atoms with Crippen LogP contribution in [0.2, 0.25) is 0 Å². The molecule has 0 aliphatic rings. The van der Waals surface area contributed by atoms with Gasteiger partial charge in [-0.15, -0.1) is 45.3 Å². The molecule has 0 fully saturated rings. The van der Waals surface area contributed by atoms with Gasteiger partial charge in [-0.1, -0.05) is 352 Å². The maximum absolute atomic E-state index is 5.55. The van der Waals surface area contributed by atoms with Gasteiger partial charge in [0.25, 0.3) is 0 Å². The van der Waals surface area contributed by atoms with Crippen LogP contribution in [-0.2, 0) is 0 Å². The first-order chi connectivity index (χ1) is 65.5. The normalized spacial score (nSPS) is 11.9. The Bertz CT molecular complexity index is 9900. The van der Waals surface area contributed by atoms with E-state index in [0.29, 0.717) is 17.5 Å². The third-order valence-corrected chi connectivity index (χ3v) is 30.8. The Hall–Kier alpha value is -16.4. The highest BCUT2D eigenvalue weighted by molar-refractivity contribution is 7.28. The Morgan fingerprint density at radius 2 is 0.462 bits per heavy atom. The summed E-state index contributed by atoms with van der Waals surface area (Å²) in [7, 11) is 0. The summed E-state index contributed by atoms with van der Waals surface area (Å²) in [5.41, 5.74) is 15.1. The van der Waals surface area contributed by atoms with Crippen LogP contribution in [0.15, 0.2) is 407 Å². The molecule has 0 bridgehead atoms. The summed E-state index contributed by atoms with van der Waals surface area (Å²) in [5.74, 6) is 1.97. The number of nitrogens with zero attached hydrogens (tertiary/aromatic N) is 9. The standard InChI is InChI=1S/C43H23N3S2.C39H23N3S.C37H21N3S/c1-2-13-27-26(12-1)37-38-31-17-7-10-20-35(31)48-42(38)29-15-4-3-14-28(29)40(37)45-41(27)43-44-33-18-8-5-16-30(33)39(46-43)24-21-22-36-32(23-24)25-11-6-9-19-34(25)47-36;1-3-13-24(14-4-1)35-31(23-40-39(42-35)25-15-5-2-6-16-25)36-27-18-8-7-17-26(27)33-34-30-21-11-12-22-32(30)43-38(34)29-20-10-9-19-28(29)37(33)41-36;1-2-12-22(13-3-1)33-27-18-8-10-20-29(27)38-37(40-33)35-24-15-5-4-14-23(24)31-32-28-19-9-11-21-30(28)41-36(32)26-17-7-6-16-25(26)34(31)39-35/h1-23H;1-23H;1-21H. The summed E-state index contributed by atoms with van der Waals surface area (Å²) < 4.78 is 10.4. The van der Waals surface area contributed by atoms with E-state index in [4.69, 9.17) is 44.9 Å². The Balaban J connectivity index is 0.000000102. The zero-order valence-corrected chi connectivity index (χ0v) is 73.6. The van der Waals surface area contributed by atoms with Crippen LogP contribution in [0.4, 0.5) is 0 Å². The molecule has 29 aromatic rings. The number of rotatable bonds is 7. The van der Waals surface area contributed by atoms with Gasteiger partial charge in [0, 0.05) is 190 Å². The Morgan fingerprint density at radius 3 is 0.894 bits per heavy atom. The maximum Gasteiger partial charge on any atom is 0.179 e. The third kappa shape index (κ3) is 12.1. The zero-order valence-electron chi connectivity index (χ0n) is 70.3. The molecule has 0 radical (unpaired) electrons. The van der Waals surface area contributed by atoms with Gasteiger partial charge in [0.2, 0.25) is 0 Å². The predicted molar refractivity (Wildman–Crippen MR) is 562 cm³/mol. The molecule has 29 rings (SSSR count). The van der Waals surface area contributed by atoms with E-state index in [1.807, 2.05) is 94.0 Å². The van der Waals surface area contributed by atoms with Crippen LogP contribution >= 0.6 is 45.3 Å². The smallest absolute Gasteiger partial charge is 0.179 e. The van der Waals surface area contributed by atoms with E-state index in [9.17, 15) is 0 Å². The van der Waals surface area contributed by atoms with Crippen LogP contribution in [0.3, 0.4) is 0 Å². The predicted octanol–water partition coefficient (Wildman–Crippen LogP) is 33.4. The molecule has 13 heteroatoms. The first kappa shape index (κ1) is 75.7. The van der Waals surface area contributed by atoms with Gasteiger partial charge in [-0.3, -0.25) is 0 Å². The SMILES string of the molecule is c1ccc(-c2nc(-c3nc4c5ccccc5c5sc6ccccc6c5c4c4ccccc34)nc3ccccc23)cc1.c1ccc(-c2ncc(-c3nc4c5ccccc5c5sc6ccccc6c5c4c4ccccc34)c(-c3ccccc3)n2)cc1.c1ccc2c(-c3ccc4sc5ccccc5c4c3)nc(-c3nc4c5ccccc5c5sc6ccccc6c5c4c4ccccc34)nc2c1. The molecule has 0 saturated carbocycles. The fraction of sp³-hybridized carbons (Fsp3) is 0. The second-order valence-corrected chi connectivity index (χ2v) is 37.7. The lowest BCUT2D eigenvalue weighted by atomic mass is 9.93. The fourth-order valence-corrected chi connectivity index (χ4v) is 25.0. The minimum atomic E-state index is 0.636. The van der Waals surface area contributed by atoms with Crippen molar-refractivity contribution in [1.29, 1.82) is 0 Å². The van der Waals surface area contributed by atoms with Crippen LogP contribution in [-0.4, -0.2) is 44.9 Å². The number of aromatic nitrogens is 9. The van der Waals surface area contributed by atoms with Gasteiger partial charge in [0.15, 0.2) is 17.5 Å². The van der Waals surface area contributed by atoms with E-state index < -0.39 is 0 Å². The molecule has 0 aliphatic heterocycles. The van der Waals surface area contributed by atoms with Crippen molar-refractivity contribution in [3.8, 4) is 79.5 Å². The molecular formula is C119H67N9S4. The number of fused-ring (bicyclic) bond motifs is 35. The van der Waals surface area contributed by atoms with Crippen molar-refractivity contribution < 1.29 is 0 Å². The number of pyridine rings is 3. The summed E-state index contributed by atoms with van der Waals surface area (Å²) in [6.45, 7) is 0. The summed E-state index contributed by atoms with van der Waals surface area (Å²) >= 11 is 7.43. The molecule has 10 heterocycles. The van der Waals surface area contributed by atoms with Crippen LogP contribution in [0.5, 0.6) is 0 Å².